The molecular formula is C18H36N2O. The van der Waals surface area contributed by atoms with E-state index in [4.69, 9.17) is 4.74 Å². The van der Waals surface area contributed by atoms with E-state index in [1.165, 1.54) is 64.2 Å². The Labute approximate surface area is 131 Å². The molecule has 0 amide bonds. The van der Waals surface area contributed by atoms with E-state index in [1.54, 1.807) is 0 Å². The number of nitrogens with zero attached hydrogens (tertiary/aromatic N) is 1. The van der Waals surface area contributed by atoms with Crippen LogP contribution in [-0.4, -0.2) is 49.8 Å². The van der Waals surface area contributed by atoms with Gasteiger partial charge in [-0.3, -0.25) is 4.90 Å². The van der Waals surface area contributed by atoms with Crippen molar-refractivity contribution in [2.45, 2.75) is 83.2 Å². The van der Waals surface area contributed by atoms with E-state index in [2.05, 4.69) is 17.1 Å². The van der Waals surface area contributed by atoms with Crippen LogP contribution < -0.4 is 5.32 Å². The Morgan fingerprint density at radius 3 is 2.05 bits per heavy atom. The molecule has 3 nitrogen and oxygen atoms in total. The van der Waals surface area contributed by atoms with Crippen LogP contribution in [0.5, 0.6) is 0 Å². The van der Waals surface area contributed by atoms with Gasteiger partial charge < -0.3 is 10.1 Å². The molecule has 0 spiro atoms. The lowest BCUT2D eigenvalue weighted by Gasteiger charge is -2.40. The van der Waals surface area contributed by atoms with Crippen LogP contribution in [0, 0.1) is 0 Å². The molecule has 2 fully saturated rings. The van der Waals surface area contributed by atoms with Gasteiger partial charge in [0.2, 0.25) is 0 Å². The third kappa shape index (κ3) is 6.25. The molecule has 1 aliphatic carbocycles. The summed E-state index contributed by atoms with van der Waals surface area (Å²) in [7, 11) is 0. The first-order valence-electron chi connectivity index (χ1n) is 9.47. The van der Waals surface area contributed by atoms with E-state index in [0.717, 1.165) is 38.9 Å². The predicted octanol–water partition coefficient (Wildman–Crippen LogP) is 3.58. The summed E-state index contributed by atoms with van der Waals surface area (Å²) in [4.78, 5) is 2.71. The second-order valence-corrected chi connectivity index (χ2v) is 6.79. The number of hydrogen-bond acceptors (Lipinski definition) is 3. The normalized spacial score (nSPS) is 31.3. The fraction of sp³-hybridized carbons (Fsp3) is 1.00. The second-order valence-electron chi connectivity index (χ2n) is 6.79. The van der Waals surface area contributed by atoms with Crippen molar-refractivity contribution in [1.29, 1.82) is 0 Å². The molecule has 2 atom stereocenters. The number of hydrogen-bond donors (Lipinski definition) is 1. The quantitative estimate of drug-likeness (QED) is 0.861. The zero-order valence-corrected chi connectivity index (χ0v) is 14.1. The molecular weight excluding hydrogens is 260 g/mol. The van der Waals surface area contributed by atoms with Gasteiger partial charge in [0, 0.05) is 25.2 Å². The van der Waals surface area contributed by atoms with Crippen LogP contribution in [0.3, 0.4) is 0 Å². The highest BCUT2D eigenvalue weighted by Gasteiger charge is 2.27. The molecule has 3 heteroatoms. The summed E-state index contributed by atoms with van der Waals surface area (Å²) in [6.45, 7) is 7.47. The lowest BCUT2D eigenvalue weighted by atomic mass is 9.92. The number of morpholine rings is 1. The van der Waals surface area contributed by atoms with Crippen LogP contribution in [0.2, 0.25) is 0 Å². The van der Waals surface area contributed by atoms with Crippen LogP contribution in [0.4, 0.5) is 0 Å². The second kappa shape index (κ2) is 10.6. The van der Waals surface area contributed by atoms with Gasteiger partial charge in [0.15, 0.2) is 0 Å². The predicted molar refractivity (Wildman–Crippen MR) is 89.8 cm³/mol. The fourth-order valence-corrected chi connectivity index (χ4v) is 4.02. The van der Waals surface area contributed by atoms with E-state index in [-0.39, 0.29) is 0 Å². The highest BCUT2D eigenvalue weighted by Crippen LogP contribution is 2.22. The van der Waals surface area contributed by atoms with Crippen molar-refractivity contribution < 1.29 is 4.74 Å². The maximum atomic E-state index is 5.56. The van der Waals surface area contributed by atoms with Gasteiger partial charge in [-0.15, -0.1) is 0 Å². The van der Waals surface area contributed by atoms with E-state index in [9.17, 15) is 0 Å². The molecule has 0 aromatic rings. The van der Waals surface area contributed by atoms with E-state index >= 15 is 0 Å². The largest absolute Gasteiger partial charge is 0.379 e. The average Bonchev–Trinajstić information content (AvgIpc) is 2.51. The molecule has 1 aliphatic heterocycles. The zero-order chi connectivity index (χ0) is 14.8. The van der Waals surface area contributed by atoms with Crippen LogP contribution >= 0.6 is 0 Å². The van der Waals surface area contributed by atoms with Crippen molar-refractivity contribution in [3.8, 4) is 0 Å². The first-order valence-corrected chi connectivity index (χ1v) is 9.47. The Hall–Kier alpha value is -0.120. The molecule has 124 valence electrons. The molecule has 0 radical (unpaired) electrons. The van der Waals surface area contributed by atoms with Crippen LogP contribution in [-0.2, 0) is 4.74 Å². The Bertz CT molecular complexity index is 254. The van der Waals surface area contributed by atoms with Gasteiger partial charge in [-0.2, -0.15) is 0 Å². The van der Waals surface area contributed by atoms with Gasteiger partial charge in [0.25, 0.3) is 0 Å². The Balaban J connectivity index is 1.95. The maximum Gasteiger partial charge on any atom is 0.0594 e. The molecule has 2 rings (SSSR count). The van der Waals surface area contributed by atoms with Crippen molar-refractivity contribution in [1.82, 2.24) is 10.2 Å². The van der Waals surface area contributed by atoms with Gasteiger partial charge in [-0.05, 0) is 19.4 Å². The topological polar surface area (TPSA) is 24.5 Å². The highest BCUT2D eigenvalue weighted by atomic mass is 16.5. The van der Waals surface area contributed by atoms with Gasteiger partial charge in [0.05, 0.1) is 13.2 Å². The monoisotopic (exact) mass is 296 g/mol. The lowest BCUT2D eigenvalue weighted by Crippen LogP contribution is -2.53. The third-order valence-electron chi connectivity index (χ3n) is 5.21. The fourth-order valence-electron chi connectivity index (χ4n) is 4.02. The van der Waals surface area contributed by atoms with Crippen LogP contribution in [0.25, 0.3) is 0 Å². The molecule has 1 heterocycles. The summed E-state index contributed by atoms with van der Waals surface area (Å²) in [5.74, 6) is 0. The zero-order valence-electron chi connectivity index (χ0n) is 14.1. The number of ether oxygens (including phenoxy) is 1. The van der Waals surface area contributed by atoms with Crippen LogP contribution in [0.15, 0.2) is 0 Å². The summed E-state index contributed by atoms with van der Waals surface area (Å²) in [6.07, 6.45) is 14.2. The van der Waals surface area contributed by atoms with E-state index in [1.807, 2.05) is 0 Å². The molecule has 21 heavy (non-hydrogen) atoms. The SMILES string of the molecule is CCNC1CCCCCCCCCCC1N1CCOCC1. The molecule has 2 unspecified atom stereocenters. The summed E-state index contributed by atoms with van der Waals surface area (Å²) in [6, 6.07) is 1.42. The molecule has 0 aromatic carbocycles. The average molecular weight is 296 g/mol. The van der Waals surface area contributed by atoms with E-state index < -0.39 is 0 Å². The first kappa shape index (κ1) is 17.2. The molecule has 0 bridgehead atoms. The first-order chi connectivity index (χ1) is 10.4. The third-order valence-corrected chi connectivity index (χ3v) is 5.21. The molecule has 1 saturated heterocycles. The van der Waals surface area contributed by atoms with Gasteiger partial charge in [-0.1, -0.05) is 58.3 Å². The molecule has 1 saturated carbocycles. The molecule has 1 N–H and O–H groups in total. The number of likely N-dealkylation sites (N-methyl/N-ethyl adjacent to an activating group) is 1. The minimum absolute atomic E-state index is 0.688. The summed E-state index contributed by atoms with van der Waals surface area (Å²) in [5.41, 5.74) is 0. The Morgan fingerprint density at radius 1 is 0.857 bits per heavy atom. The lowest BCUT2D eigenvalue weighted by molar-refractivity contribution is 0.00424. The maximum absolute atomic E-state index is 5.56. The molecule has 0 aromatic heterocycles. The van der Waals surface area contributed by atoms with Crippen molar-refractivity contribution in [3.63, 3.8) is 0 Å². The highest BCUT2D eigenvalue weighted by molar-refractivity contribution is 4.86. The van der Waals surface area contributed by atoms with Gasteiger partial charge in [0.1, 0.15) is 0 Å². The van der Waals surface area contributed by atoms with E-state index in [0.29, 0.717) is 6.04 Å². The van der Waals surface area contributed by atoms with Crippen molar-refractivity contribution in [3.05, 3.63) is 0 Å². The van der Waals surface area contributed by atoms with Gasteiger partial charge in [-0.25, -0.2) is 0 Å². The smallest absolute Gasteiger partial charge is 0.0594 e. The summed E-state index contributed by atoms with van der Waals surface area (Å²) in [5, 5.41) is 3.80. The van der Waals surface area contributed by atoms with Gasteiger partial charge >= 0.3 is 0 Å². The minimum atomic E-state index is 0.688. The van der Waals surface area contributed by atoms with Crippen molar-refractivity contribution >= 4 is 0 Å². The molecule has 2 aliphatic rings. The Kier molecular flexibility index (Phi) is 8.68. The Morgan fingerprint density at radius 2 is 1.43 bits per heavy atom. The number of nitrogens with one attached hydrogen (secondary N) is 1. The van der Waals surface area contributed by atoms with Crippen molar-refractivity contribution in [2.75, 3.05) is 32.8 Å². The number of rotatable bonds is 3. The summed E-state index contributed by atoms with van der Waals surface area (Å²) >= 11 is 0. The minimum Gasteiger partial charge on any atom is -0.379 e. The van der Waals surface area contributed by atoms with Crippen LogP contribution in [0.1, 0.15) is 71.1 Å². The standard InChI is InChI=1S/C18H36N2O/c1-2-19-17-11-9-7-5-3-4-6-8-10-12-18(17)20-13-15-21-16-14-20/h17-19H,2-16H2,1H3. The summed E-state index contributed by atoms with van der Waals surface area (Å²) < 4.78 is 5.56. The van der Waals surface area contributed by atoms with Crippen molar-refractivity contribution in [2.24, 2.45) is 0 Å².